The molecule has 0 amide bonds. The largest absolute Gasteiger partial charge is 0.381 e. The molecule has 5 rings (SSSR count). The van der Waals surface area contributed by atoms with E-state index in [1.165, 1.54) is 45.3 Å². The van der Waals surface area contributed by atoms with Crippen molar-refractivity contribution < 1.29 is 9.47 Å². The molecular formula is C16H28N2O2. The molecule has 0 aliphatic carbocycles. The average molecular weight is 280 g/mol. The summed E-state index contributed by atoms with van der Waals surface area (Å²) in [6.45, 7) is 6.63. The second kappa shape index (κ2) is 5.56. The van der Waals surface area contributed by atoms with Gasteiger partial charge >= 0.3 is 0 Å². The zero-order valence-electron chi connectivity index (χ0n) is 12.5. The molecule has 4 heteroatoms. The SMILES string of the molecule is C1CC2(CCO1)CC(NC1CN3CCC1CC3)CCO2. The first-order valence-corrected chi connectivity index (χ1v) is 8.53. The van der Waals surface area contributed by atoms with Crippen molar-refractivity contribution in [1.29, 1.82) is 0 Å². The van der Waals surface area contributed by atoms with Crippen LogP contribution < -0.4 is 5.32 Å². The maximum Gasteiger partial charge on any atom is 0.0741 e. The summed E-state index contributed by atoms with van der Waals surface area (Å²) in [7, 11) is 0. The van der Waals surface area contributed by atoms with Crippen molar-refractivity contribution in [3.63, 3.8) is 0 Å². The molecular weight excluding hydrogens is 252 g/mol. The Bertz CT molecular complexity index is 330. The van der Waals surface area contributed by atoms with Crippen LogP contribution in [0.4, 0.5) is 0 Å². The molecule has 2 bridgehead atoms. The zero-order valence-corrected chi connectivity index (χ0v) is 12.5. The Morgan fingerprint density at radius 3 is 2.50 bits per heavy atom. The van der Waals surface area contributed by atoms with Gasteiger partial charge in [-0.3, -0.25) is 0 Å². The summed E-state index contributed by atoms with van der Waals surface area (Å²) in [4.78, 5) is 2.64. The molecule has 5 aliphatic heterocycles. The van der Waals surface area contributed by atoms with Gasteiger partial charge in [0.1, 0.15) is 0 Å². The van der Waals surface area contributed by atoms with Crippen molar-refractivity contribution in [3.05, 3.63) is 0 Å². The Labute approximate surface area is 122 Å². The van der Waals surface area contributed by atoms with Crippen LogP contribution in [0.25, 0.3) is 0 Å². The number of ether oxygens (including phenoxy) is 2. The van der Waals surface area contributed by atoms with Crippen molar-refractivity contribution in [1.82, 2.24) is 10.2 Å². The fourth-order valence-corrected chi connectivity index (χ4v) is 4.72. The van der Waals surface area contributed by atoms with Crippen LogP contribution in [0.2, 0.25) is 0 Å². The Morgan fingerprint density at radius 2 is 1.80 bits per heavy atom. The standard InChI is InChI=1S/C16H28N2O2/c1-6-18-7-2-13(1)15(12-18)17-14-3-8-20-16(11-14)4-9-19-10-5-16/h13-15,17H,1-12H2. The zero-order chi connectivity index (χ0) is 13.4. The molecule has 0 aromatic carbocycles. The number of piperidine rings is 3. The minimum absolute atomic E-state index is 0.127. The molecule has 0 radical (unpaired) electrons. The highest BCUT2D eigenvalue weighted by atomic mass is 16.5. The summed E-state index contributed by atoms with van der Waals surface area (Å²) < 4.78 is 11.7. The third-order valence-electron chi connectivity index (χ3n) is 6.00. The molecule has 1 N–H and O–H groups in total. The minimum Gasteiger partial charge on any atom is -0.381 e. The van der Waals surface area contributed by atoms with E-state index in [2.05, 4.69) is 10.2 Å². The molecule has 2 unspecified atom stereocenters. The van der Waals surface area contributed by atoms with Gasteiger partial charge in [-0.1, -0.05) is 0 Å². The highest BCUT2D eigenvalue weighted by Crippen LogP contribution is 2.35. The summed E-state index contributed by atoms with van der Waals surface area (Å²) in [5.74, 6) is 0.925. The van der Waals surface area contributed by atoms with Gasteiger partial charge in [-0.05, 0) is 57.5 Å². The first kappa shape index (κ1) is 13.5. The number of nitrogens with one attached hydrogen (secondary N) is 1. The first-order valence-electron chi connectivity index (χ1n) is 8.53. The van der Waals surface area contributed by atoms with E-state index in [0.29, 0.717) is 6.04 Å². The van der Waals surface area contributed by atoms with Gasteiger partial charge < -0.3 is 19.7 Å². The first-order chi connectivity index (χ1) is 9.83. The highest BCUT2D eigenvalue weighted by Gasteiger charge is 2.41. The van der Waals surface area contributed by atoms with Crippen molar-refractivity contribution in [3.8, 4) is 0 Å². The third kappa shape index (κ3) is 2.63. The topological polar surface area (TPSA) is 33.7 Å². The summed E-state index contributed by atoms with van der Waals surface area (Å²) in [6.07, 6.45) is 7.36. The van der Waals surface area contributed by atoms with E-state index < -0.39 is 0 Å². The minimum atomic E-state index is 0.127. The van der Waals surface area contributed by atoms with E-state index in [-0.39, 0.29) is 5.60 Å². The molecule has 4 nitrogen and oxygen atoms in total. The quantitative estimate of drug-likeness (QED) is 0.829. The van der Waals surface area contributed by atoms with Crippen LogP contribution in [0.3, 0.4) is 0 Å². The van der Waals surface area contributed by atoms with Gasteiger partial charge in [0.15, 0.2) is 0 Å². The van der Waals surface area contributed by atoms with E-state index in [4.69, 9.17) is 9.47 Å². The monoisotopic (exact) mass is 280 g/mol. The Hall–Kier alpha value is -0.160. The smallest absolute Gasteiger partial charge is 0.0741 e. The highest BCUT2D eigenvalue weighted by molar-refractivity contribution is 4.96. The lowest BCUT2D eigenvalue weighted by atomic mass is 9.81. The molecule has 1 spiro atoms. The van der Waals surface area contributed by atoms with Crippen LogP contribution in [0.1, 0.15) is 38.5 Å². The molecule has 20 heavy (non-hydrogen) atoms. The second-order valence-corrected chi connectivity index (χ2v) is 7.24. The normalized spacial score (nSPS) is 43.8. The molecule has 5 fully saturated rings. The summed E-state index contributed by atoms with van der Waals surface area (Å²) in [5, 5.41) is 4.00. The lowest BCUT2D eigenvalue weighted by molar-refractivity contribution is -0.142. The molecule has 2 atom stereocenters. The molecule has 114 valence electrons. The number of rotatable bonds is 2. The lowest BCUT2D eigenvalue weighted by Gasteiger charge is -2.49. The van der Waals surface area contributed by atoms with Gasteiger partial charge in [-0.25, -0.2) is 0 Å². The average Bonchev–Trinajstić information content (AvgIpc) is 2.49. The second-order valence-electron chi connectivity index (χ2n) is 7.24. The number of fused-ring (bicyclic) bond motifs is 3. The number of nitrogens with zero attached hydrogens (tertiary/aromatic N) is 1. The summed E-state index contributed by atoms with van der Waals surface area (Å²) >= 11 is 0. The van der Waals surface area contributed by atoms with E-state index in [1.54, 1.807) is 0 Å². The van der Waals surface area contributed by atoms with Crippen LogP contribution in [0.5, 0.6) is 0 Å². The maximum absolute atomic E-state index is 6.16. The Balaban J connectivity index is 1.36. The third-order valence-corrected chi connectivity index (χ3v) is 6.00. The van der Waals surface area contributed by atoms with Gasteiger partial charge in [-0.2, -0.15) is 0 Å². The Kier molecular flexibility index (Phi) is 3.75. The molecule has 0 aromatic heterocycles. The number of hydrogen-bond donors (Lipinski definition) is 1. The predicted molar refractivity (Wildman–Crippen MR) is 77.8 cm³/mol. The van der Waals surface area contributed by atoms with E-state index in [1.807, 2.05) is 0 Å². The fourth-order valence-electron chi connectivity index (χ4n) is 4.72. The maximum atomic E-state index is 6.16. The van der Waals surface area contributed by atoms with Gasteiger partial charge in [0.2, 0.25) is 0 Å². The van der Waals surface area contributed by atoms with Gasteiger partial charge in [-0.15, -0.1) is 0 Å². The van der Waals surface area contributed by atoms with Gasteiger partial charge in [0, 0.05) is 38.4 Å². The van der Waals surface area contributed by atoms with Crippen LogP contribution in [-0.4, -0.2) is 62.0 Å². The molecule has 0 aromatic rings. The molecule has 5 aliphatic rings. The van der Waals surface area contributed by atoms with E-state index in [0.717, 1.165) is 44.6 Å². The predicted octanol–water partition coefficient (Wildman–Crippen LogP) is 1.40. The van der Waals surface area contributed by atoms with Crippen molar-refractivity contribution in [2.45, 2.75) is 56.2 Å². The summed E-state index contributed by atoms with van der Waals surface area (Å²) in [6, 6.07) is 1.39. The fraction of sp³-hybridized carbons (Fsp3) is 1.00. The Morgan fingerprint density at radius 1 is 1.00 bits per heavy atom. The van der Waals surface area contributed by atoms with E-state index in [9.17, 15) is 0 Å². The van der Waals surface area contributed by atoms with Crippen LogP contribution in [0, 0.1) is 5.92 Å². The van der Waals surface area contributed by atoms with Crippen molar-refractivity contribution >= 4 is 0 Å². The number of hydrogen-bond acceptors (Lipinski definition) is 4. The van der Waals surface area contributed by atoms with Gasteiger partial charge in [0.25, 0.3) is 0 Å². The molecule has 5 heterocycles. The molecule has 0 saturated carbocycles. The van der Waals surface area contributed by atoms with Crippen LogP contribution in [-0.2, 0) is 9.47 Å². The van der Waals surface area contributed by atoms with Crippen LogP contribution >= 0.6 is 0 Å². The van der Waals surface area contributed by atoms with Crippen LogP contribution in [0.15, 0.2) is 0 Å². The summed E-state index contributed by atoms with van der Waals surface area (Å²) in [5.41, 5.74) is 0.127. The van der Waals surface area contributed by atoms with Crippen molar-refractivity contribution in [2.75, 3.05) is 39.5 Å². The van der Waals surface area contributed by atoms with Crippen molar-refractivity contribution in [2.24, 2.45) is 5.92 Å². The lowest BCUT2D eigenvalue weighted by Crippen LogP contribution is -2.60. The van der Waals surface area contributed by atoms with Gasteiger partial charge in [0.05, 0.1) is 5.60 Å². The van der Waals surface area contributed by atoms with E-state index >= 15 is 0 Å². The molecule has 5 saturated heterocycles.